The zero-order valence-corrected chi connectivity index (χ0v) is 20.4. The maximum Gasteiger partial charge on any atom is 0.326 e. The second-order valence-electron chi connectivity index (χ2n) is 9.80. The van der Waals surface area contributed by atoms with Crippen LogP contribution in [0.3, 0.4) is 0 Å². The van der Waals surface area contributed by atoms with Crippen molar-refractivity contribution >= 4 is 27.8 Å². The van der Waals surface area contributed by atoms with E-state index in [1.807, 2.05) is 26.0 Å². The Kier molecular flexibility index (Phi) is 5.64. The molecule has 8 heteroatoms. The minimum Gasteiger partial charge on any atom is -0.357 e. The van der Waals surface area contributed by atoms with Crippen LogP contribution in [0.15, 0.2) is 35.3 Å². The van der Waals surface area contributed by atoms with E-state index in [1.54, 1.807) is 23.9 Å². The fourth-order valence-corrected chi connectivity index (χ4v) is 5.02. The number of imidazole rings is 1. The summed E-state index contributed by atoms with van der Waals surface area (Å²) in [7, 11) is 5.99. The average Bonchev–Trinajstić information content (AvgIpc) is 3.12. The first-order chi connectivity index (χ1) is 16.2. The molecule has 5 rings (SSSR count). The number of rotatable bonds is 4. The van der Waals surface area contributed by atoms with E-state index in [0.29, 0.717) is 28.2 Å². The molecule has 178 valence electrons. The Balaban J connectivity index is 1.54. The van der Waals surface area contributed by atoms with Gasteiger partial charge in [-0.15, -0.1) is 0 Å². The van der Waals surface area contributed by atoms with Gasteiger partial charge in [0, 0.05) is 55.0 Å². The van der Waals surface area contributed by atoms with Gasteiger partial charge in [0.2, 0.25) is 0 Å². The van der Waals surface area contributed by atoms with Gasteiger partial charge in [0.05, 0.1) is 22.2 Å². The van der Waals surface area contributed by atoms with E-state index in [0.717, 1.165) is 48.3 Å². The molecular formula is C26H31FN6O. The Morgan fingerprint density at radius 1 is 1.18 bits per heavy atom. The highest BCUT2D eigenvalue weighted by Gasteiger charge is 2.22. The summed E-state index contributed by atoms with van der Waals surface area (Å²) in [6.45, 7) is 5.96. The summed E-state index contributed by atoms with van der Waals surface area (Å²) in [5.74, 6) is 0.657. The van der Waals surface area contributed by atoms with Gasteiger partial charge in [-0.25, -0.2) is 14.2 Å². The van der Waals surface area contributed by atoms with Crippen molar-refractivity contribution in [1.29, 1.82) is 0 Å². The fraction of sp³-hybridized carbons (Fsp3) is 0.423. The Morgan fingerprint density at radius 2 is 1.91 bits per heavy atom. The van der Waals surface area contributed by atoms with E-state index in [4.69, 9.17) is 4.98 Å². The molecule has 1 fully saturated rings. The lowest BCUT2D eigenvalue weighted by Crippen LogP contribution is -2.42. The molecule has 1 aliphatic rings. The van der Waals surface area contributed by atoms with E-state index in [1.165, 1.54) is 6.07 Å². The number of benzene rings is 1. The zero-order valence-electron chi connectivity index (χ0n) is 20.4. The molecule has 0 aliphatic carbocycles. The summed E-state index contributed by atoms with van der Waals surface area (Å²) in [6, 6.07) is 7.73. The number of nitrogens with one attached hydrogen (secondary N) is 1. The van der Waals surface area contributed by atoms with Crippen LogP contribution in [0.1, 0.15) is 38.3 Å². The molecule has 0 amide bonds. The number of H-pyrrole nitrogens is 1. The third kappa shape index (κ3) is 3.76. The van der Waals surface area contributed by atoms with Gasteiger partial charge in [-0.2, -0.15) is 0 Å². The van der Waals surface area contributed by atoms with Crippen molar-refractivity contribution in [3.8, 4) is 11.1 Å². The number of hydrogen-bond acceptors (Lipinski definition) is 5. The molecule has 0 bridgehead atoms. The molecule has 1 saturated heterocycles. The van der Waals surface area contributed by atoms with Crippen molar-refractivity contribution in [2.75, 3.05) is 32.1 Å². The average molecular weight is 463 g/mol. The predicted molar refractivity (Wildman–Crippen MR) is 135 cm³/mol. The zero-order chi connectivity index (χ0) is 24.1. The van der Waals surface area contributed by atoms with E-state index in [2.05, 4.69) is 33.9 Å². The van der Waals surface area contributed by atoms with Crippen molar-refractivity contribution in [2.24, 2.45) is 7.05 Å². The lowest BCUT2D eigenvalue weighted by molar-refractivity contribution is 0.249. The lowest BCUT2D eigenvalue weighted by atomic mass is 10.0. The fourth-order valence-electron chi connectivity index (χ4n) is 5.02. The van der Waals surface area contributed by atoms with Crippen LogP contribution in [0.5, 0.6) is 0 Å². The quantitative estimate of drug-likeness (QED) is 0.491. The highest BCUT2D eigenvalue weighted by Crippen LogP contribution is 2.33. The number of hydrogen-bond donors (Lipinski definition) is 1. The Labute approximate surface area is 198 Å². The number of aryl methyl sites for hydroxylation is 1. The van der Waals surface area contributed by atoms with Gasteiger partial charge in [0.25, 0.3) is 0 Å². The summed E-state index contributed by atoms with van der Waals surface area (Å²) in [6.07, 6.45) is 3.94. The smallest absolute Gasteiger partial charge is 0.326 e. The minimum atomic E-state index is -0.353. The number of aromatic nitrogens is 4. The second kappa shape index (κ2) is 8.51. The van der Waals surface area contributed by atoms with Crippen LogP contribution in [-0.4, -0.2) is 57.6 Å². The van der Waals surface area contributed by atoms with Crippen LogP contribution in [-0.2, 0) is 7.05 Å². The first-order valence-electron chi connectivity index (χ1n) is 11.8. The molecule has 0 unspecified atom stereocenters. The maximum absolute atomic E-state index is 15.2. The van der Waals surface area contributed by atoms with Gasteiger partial charge >= 0.3 is 5.69 Å². The third-order valence-electron chi connectivity index (χ3n) is 7.07. The van der Waals surface area contributed by atoms with Gasteiger partial charge < -0.3 is 14.8 Å². The Hall–Kier alpha value is -3.26. The molecule has 0 spiro atoms. The summed E-state index contributed by atoms with van der Waals surface area (Å²) in [5, 5.41) is 0.725. The molecule has 34 heavy (non-hydrogen) atoms. The van der Waals surface area contributed by atoms with Crippen LogP contribution in [0.25, 0.3) is 33.1 Å². The van der Waals surface area contributed by atoms with Crippen LogP contribution < -0.4 is 10.6 Å². The lowest BCUT2D eigenvalue weighted by Gasteiger charge is -2.35. The van der Waals surface area contributed by atoms with Crippen LogP contribution in [0, 0.1) is 5.82 Å². The molecule has 0 radical (unpaired) electrons. The number of halogens is 1. The van der Waals surface area contributed by atoms with Crippen molar-refractivity contribution in [1.82, 2.24) is 24.4 Å². The molecule has 1 N–H and O–H groups in total. The number of piperidine rings is 1. The molecule has 0 saturated carbocycles. The van der Waals surface area contributed by atoms with Gasteiger partial charge in [-0.05, 0) is 51.1 Å². The Morgan fingerprint density at radius 3 is 2.53 bits per heavy atom. The summed E-state index contributed by atoms with van der Waals surface area (Å²) < 4.78 is 16.8. The first-order valence-corrected chi connectivity index (χ1v) is 11.8. The standard InChI is InChI=1S/C26H31FN6O/c1-15(2)23-25-24(30-26(34)32(25)5)19-12-18(20(27)13-21(19)29-23)16-6-7-22(28-14-16)33-10-8-17(9-11-33)31(3)4/h6-7,12-15,17H,8-11H2,1-5H3,(H,30,34). The minimum absolute atomic E-state index is 0.0931. The molecule has 4 heterocycles. The van der Waals surface area contributed by atoms with Crippen molar-refractivity contribution in [3.63, 3.8) is 0 Å². The van der Waals surface area contributed by atoms with E-state index in [9.17, 15) is 4.79 Å². The summed E-state index contributed by atoms with van der Waals surface area (Å²) in [5.41, 5.74) is 3.71. The van der Waals surface area contributed by atoms with Crippen LogP contribution in [0.4, 0.5) is 10.2 Å². The monoisotopic (exact) mass is 462 g/mol. The van der Waals surface area contributed by atoms with Crippen molar-refractivity contribution in [3.05, 3.63) is 52.5 Å². The highest BCUT2D eigenvalue weighted by atomic mass is 19.1. The molecular weight excluding hydrogens is 431 g/mol. The molecule has 7 nitrogen and oxygen atoms in total. The van der Waals surface area contributed by atoms with Crippen molar-refractivity contribution in [2.45, 2.75) is 38.6 Å². The normalized spacial score (nSPS) is 15.4. The van der Waals surface area contributed by atoms with E-state index in [-0.39, 0.29) is 17.4 Å². The van der Waals surface area contributed by atoms with Crippen LogP contribution in [0.2, 0.25) is 0 Å². The molecule has 1 aromatic carbocycles. The first kappa shape index (κ1) is 22.5. The number of anilines is 1. The molecule has 1 aliphatic heterocycles. The maximum atomic E-state index is 15.2. The van der Waals surface area contributed by atoms with Crippen LogP contribution >= 0.6 is 0 Å². The summed E-state index contributed by atoms with van der Waals surface area (Å²) >= 11 is 0. The van der Waals surface area contributed by atoms with Gasteiger partial charge in [-0.1, -0.05) is 13.8 Å². The molecule has 4 aromatic rings. The topological polar surface area (TPSA) is 70.1 Å². The largest absolute Gasteiger partial charge is 0.357 e. The van der Waals surface area contributed by atoms with Crippen molar-refractivity contribution < 1.29 is 4.39 Å². The number of fused-ring (bicyclic) bond motifs is 3. The number of nitrogens with zero attached hydrogens (tertiary/aromatic N) is 5. The highest BCUT2D eigenvalue weighted by molar-refractivity contribution is 6.05. The Bertz CT molecular complexity index is 1410. The van der Waals surface area contributed by atoms with E-state index >= 15 is 4.39 Å². The molecule has 3 aromatic heterocycles. The number of pyridine rings is 2. The molecule has 0 atom stereocenters. The summed E-state index contributed by atoms with van der Waals surface area (Å²) in [4.78, 5) is 29.3. The predicted octanol–water partition coefficient (Wildman–Crippen LogP) is 4.27. The third-order valence-corrected chi connectivity index (χ3v) is 7.07. The second-order valence-corrected chi connectivity index (χ2v) is 9.80. The van der Waals surface area contributed by atoms with E-state index < -0.39 is 0 Å². The number of aromatic amines is 1. The van der Waals surface area contributed by atoms with Gasteiger partial charge in [-0.3, -0.25) is 9.55 Å². The van der Waals surface area contributed by atoms with Gasteiger partial charge in [0.1, 0.15) is 11.6 Å². The van der Waals surface area contributed by atoms with Gasteiger partial charge in [0.15, 0.2) is 0 Å². The SMILES string of the molecule is CC(C)c1nc2cc(F)c(-c3ccc(N4CCC(N(C)C)CC4)nc3)cc2c2[nH]c(=O)n(C)c12.